The van der Waals surface area contributed by atoms with E-state index >= 15 is 0 Å². The molecular weight excluding hydrogens is 362 g/mol. The average Bonchev–Trinajstić information content (AvgIpc) is 3.25. The lowest BCUT2D eigenvalue weighted by Crippen LogP contribution is -2.52. The fourth-order valence-electron chi connectivity index (χ4n) is 4.12. The minimum Gasteiger partial charge on any atom is -0.322 e. The number of hydrogen-bond donors (Lipinski definition) is 3. The van der Waals surface area contributed by atoms with Crippen molar-refractivity contribution in [2.45, 2.75) is 44.1 Å². The van der Waals surface area contributed by atoms with E-state index in [0.717, 1.165) is 11.1 Å². The number of carbonyl (C=O) groups is 3. The molecule has 4 rings (SSSR count). The summed E-state index contributed by atoms with van der Waals surface area (Å²) in [4.78, 5) is 40.9. The molecule has 0 saturated carbocycles. The van der Waals surface area contributed by atoms with Crippen LogP contribution in [0, 0.1) is 0 Å². The lowest BCUT2D eigenvalue weighted by atomic mass is 10.0. The van der Waals surface area contributed by atoms with E-state index in [-0.39, 0.29) is 30.3 Å². The normalized spacial score (nSPS) is 26.8. The second-order valence-electron chi connectivity index (χ2n) is 7.26. The van der Waals surface area contributed by atoms with Gasteiger partial charge in [-0.15, -0.1) is 0 Å². The van der Waals surface area contributed by atoms with Crippen molar-refractivity contribution in [2.75, 3.05) is 13.1 Å². The van der Waals surface area contributed by atoms with E-state index in [9.17, 15) is 14.4 Å². The van der Waals surface area contributed by atoms with Crippen molar-refractivity contribution < 1.29 is 14.4 Å². The topological polar surface area (TPSA) is 139 Å². The standard InChI is InChI=1S/C18H21N7O3/c19-24-23-14-8-20-7-13(14)21-6-10-2-1-3-11-12(10)9-25(18(11)28)15-4-5-16(26)22-17(15)27/h1-3,13-15,20-21H,4-9H2,(H,22,26,27)/t13-,14+,15?/m0/s1. The van der Waals surface area contributed by atoms with Crippen molar-refractivity contribution in [2.24, 2.45) is 5.11 Å². The van der Waals surface area contributed by atoms with Crippen molar-refractivity contribution in [1.29, 1.82) is 0 Å². The van der Waals surface area contributed by atoms with Crippen LogP contribution in [0.25, 0.3) is 10.4 Å². The lowest BCUT2D eigenvalue weighted by Gasteiger charge is -2.29. The van der Waals surface area contributed by atoms with Crippen molar-refractivity contribution in [3.05, 3.63) is 45.3 Å². The smallest absolute Gasteiger partial charge is 0.255 e. The summed E-state index contributed by atoms with van der Waals surface area (Å²) in [5.74, 6) is -0.887. The van der Waals surface area contributed by atoms with E-state index in [1.807, 2.05) is 12.1 Å². The Morgan fingerprint density at radius 2 is 2.14 bits per heavy atom. The minimum absolute atomic E-state index is 0.0232. The van der Waals surface area contributed by atoms with Crippen molar-refractivity contribution in [3.63, 3.8) is 0 Å². The first-order valence-electron chi connectivity index (χ1n) is 9.32. The second kappa shape index (κ2) is 7.59. The maximum atomic E-state index is 12.8. The third-order valence-electron chi connectivity index (χ3n) is 5.62. The first-order chi connectivity index (χ1) is 13.6. The van der Waals surface area contributed by atoms with E-state index in [4.69, 9.17) is 5.53 Å². The summed E-state index contributed by atoms with van der Waals surface area (Å²) in [6.07, 6.45) is 0.583. The third-order valence-corrected chi connectivity index (χ3v) is 5.62. The van der Waals surface area contributed by atoms with Crippen LogP contribution in [-0.4, -0.2) is 53.8 Å². The second-order valence-corrected chi connectivity index (χ2v) is 7.26. The molecule has 0 aromatic heterocycles. The van der Waals surface area contributed by atoms with Gasteiger partial charge < -0.3 is 15.5 Å². The van der Waals surface area contributed by atoms with Gasteiger partial charge in [-0.05, 0) is 29.1 Å². The maximum Gasteiger partial charge on any atom is 0.255 e. The largest absolute Gasteiger partial charge is 0.322 e. The van der Waals surface area contributed by atoms with Gasteiger partial charge in [0.05, 0.1) is 6.04 Å². The van der Waals surface area contributed by atoms with Crippen molar-refractivity contribution in [3.8, 4) is 0 Å². The zero-order valence-electron chi connectivity index (χ0n) is 15.2. The Hall–Kier alpha value is -2.94. The van der Waals surface area contributed by atoms with Crippen LogP contribution >= 0.6 is 0 Å². The average molecular weight is 383 g/mol. The predicted octanol–water partition coefficient (Wildman–Crippen LogP) is 0.188. The molecule has 2 fully saturated rings. The Morgan fingerprint density at radius 1 is 1.29 bits per heavy atom. The Labute approximate surface area is 161 Å². The molecule has 1 unspecified atom stereocenters. The summed E-state index contributed by atoms with van der Waals surface area (Å²) in [6.45, 7) is 2.22. The summed E-state index contributed by atoms with van der Waals surface area (Å²) < 4.78 is 0. The van der Waals surface area contributed by atoms with E-state index in [2.05, 4.69) is 26.0 Å². The minimum atomic E-state index is -0.619. The van der Waals surface area contributed by atoms with Gasteiger partial charge in [0.2, 0.25) is 11.8 Å². The van der Waals surface area contributed by atoms with E-state index < -0.39 is 11.9 Å². The number of hydrogen-bond acceptors (Lipinski definition) is 6. The van der Waals surface area contributed by atoms with Crippen LogP contribution in [0.3, 0.4) is 0 Å². The number of piperidine rings is 1. The van der Waals surface area contributed by atoms with Gasteiger partial charge in [0, 0.05) is 49.1 Å². The summed E-state index contributed by atoms with van der Waals surface area (Å²) in [5.41, 5.74) is 11.2. The van der Waals surface area contributed by atoms with Gasteiger partial charge in [0.1, 0.15) is 6.04 Å². The molecule has 3 atom stereocenters. The number of carbonyl (C=O) groups excluding carboxylic acids is 3. The maximum absolute atomic E-state index is 12.8. The van der Waals surface area contributed by atoms with Crippen LogP contribution in [-0.2, 0) is 22.7 Å². The van der Waals surface area contributed by atoms with Crippen molar-refractivity contribution in [1.82, 2.24) is 20.9 Å². The first-order valence-corrected chi connectivity index (χ1v) is 9.32. The fraction of sp³-hybridized carbons (Fsp3) is 0.500. The van der Waals surface area contributed by atoms with Gasteiger partial charge in [-0.1, -0.05) is 17.2 Å². The van der Waals surface area contributed by atoms with E-state index in [1.54, 1.807) is 11.0 Å². The van der Waals surface area contributed by atoms with Crippen LogP contribution in [0.4, 0.5) is 0 Å². The number of azide groups is 1. The molecule has 10 nitrogen and oxygen atoms in total. The fourth-order valence-corrected chi connectivity index (χ4v) is 4.12. The number of imide groups is 1. The van der Waals surface area contributed by atoms with Gasteiger partial charge in [0.25, 0.3) is 5.91 Å². The summed E-state index contributed by atoms with van der Waals surface area (Å²) in [7, 11) is 0. The molecule has 0 bridgehead atoms. The number of nitrogens with zero attached hydrogens (tertiary/aromatic N) is 4. The molecule has 3 heterocycles. The number of fused-ring (bicyclic) bond motifs is 1. The molecule has 146 valence electrons. The lowest BCUT2D eigenvalue weighted by molar-refractivity contribution is -0.136. The van der Waals surface area contributed by atoms with Crippen LogP contribution in [0.15, 0.2) is 23.3 Å². The molecule has 2 saturated heterocycles. The van der Waals surface area contributed by atoms with Gasteiger partial charge in [-0.25, -0.2) is 0 Å². The third kappa shape index (κ3) is 3.33. The van der Waals surface area contributed by atoms with Gasteiger partial charge in [-0.3, -0.25) is 19.7 Å². The molecule has 1 aromatic rings. The molecule has 3 aliphatic heterocycles. The zero-order valence-corrected chi connectivity index (χ0v) is 15.2. The molecule has 10 heteroatoms. The molecule has 3 aliphatic rings. The highest BCUT2D eigenvalue weighted by molar-refractivity contribution is 6.05. The Morgan fingerprint density at radius 3 is 2.93 bits per heavy atom. The zero-order chi connectivity index (χ0) is 19.7. The molecule has 28 heavy (non-hydrogen) atoms. The molecular formula is C18H21N7O3. The quantitative estimate of drug-likeness (QED) is 0.288. The highest BCUT2D eigenvalue weighted by atomic mass is 16.2. The highest BCUT2D eigenvalue weighted by Crippen LogP contribution is 2.30. The molecule has 1 aromatic carbocycles. The van der Waals surface area contributed by atoms with Gasteiger partial charge >= 0.3 is 0 Å². The predicted molar refractivity (Wildman–Crippen MR) is 98.9 cm³/mol. The summed E-state index contributed by atoms with van der Waals surface area (Å²) in [6, 6.07) is 4.81. The van der Waals surface area contributed by atoms with Crippen LogP contribution in [0.2, 0.25) is 0 Å². The SMILES string of the molecule is [N-]=[N+]=N[C@@H]1CNC[C@@H]1NCc1cccc2c1CN(C1CCC(=O)NC1=O)C2=O. The summed E-state index contributed by atoms with van der Waals surface area (Å²) in [5, 5.41) is 12.7. The molecule has 3 N–H and O–H groups in total. The number of amides is 3. The van der Waals surface area contributed by atoms with Crippen LogP contribution < -0.4 is 16.0 Å². The molecule has 0 radical (unpaired) electrons. The Balaban J connectivity index is 1.49. The molecule has 0 aliphatic carbocycles. The van der Waals surface area contributed by atoms with E-state index in [0.29, 0.717) is 38.2 Å². The molecule has 0 spiro atoms. The first kappa shape index (κ1) is 18.4. The van der Waals surface area contributed by atoms with Crippen LogP contribution in [0.5, 0.6) is 0 Å². The number of nitrogens with one attached hydrogen (secondary N) is 3. The number of benzene rings is 1. The Kier molecular flexibility index (Phi) is 4.99. The van der Waals surface area contributed by atoms with Gasteiger partial charge in [0.15, 0.2) is 0 Å². The summed E-state index contributed by atoms with van der Waals surface area (Å²) >= 11 is 0. The molecule has 3 amide bonds. The van der Waals surface area contributed by atoms with Crippen LogP contribution in [0.1, 0.15) is 34.3 Å². The van der Waals surface area contributed by atoms with E-state index in [1.165, 1.54) is 0 Å². The van der Waals surface area contributed by atoms with Crippen molar-refractivity contribution >= 4 is 17.7 Å². The van der Waals surface area contributed by atoms with Gasteiger partial charge in [-0.2, -0.15) is 0 Å². The number of rotatable bonds is 5. The Bertz CT molecular complexity index is 880. The highest BCUT2D eigenvalue weighted by Gasteiger charge is 2.39. The monoisotopic (exact) mass is 383 g/mol.